The first-order valence-electron chi connectivity index (χ1n) is 6.78. The Balaban J connectivity index is 1.98. The number of methoxy groups -OCH3 is 1. The van der Waals surface area contributed by atoms with Crippen LogP contribution in [0.25, 0.3) is 0 Å². The van der Waals surface area contributed by atoms with Gasteiger partial charge in [-0.2, -0.15) is 0 Å². The Morgan fingerprint density at radius 1 is 1.17 bits per heavy atom. The zero-order valence-electron chi connectivity index (χ0n) is 12.5. The monoisotopic (exact) mass is 430 g/mol. The van der Waals surface area contributed by atoms with E-state index in [0.29, 0.717) is 11.4 Å². The van der Waals surface area contributed by atoms with E-state index in [1.54, 1.807) is 18.2 Å². The second-order valence-electron chi connectivity index (χ2n) is 4.68. The molecule has 2 amide bonds. The van der Waals surface area contributed by atoms with Crippen molar-refractivity contribution in [1.29, 1.82) is 0 Å². The lowest BCUT2D eigenvalue weighted by Gasteiger charge is -2.10. The highest BCUT2D eigenvalue weighted by molar-refractivity contribution is 9.10. The lowest BCUT2D eigenvalue weighted by Crippen LogP contribution is -2.32. The van der Waals surface area contributed by atoms with Gasteiger partial charge in [-0.05, 0) is 40.2 Å². The summed E-state index contributed by atoms with van der Waals surface area (Å²) in [7, 11) is 1.43. The van der Waals surface area contributed by atoms with Gasteiger partial charge >= 0.3 is 0 Å². The summed E-state index contributed by atoms with van der Waals surface area (Å²) in [6, 6.07) is 10.0. The van der Waals surface area contributed by atoms with Crippen molar-refractivity contribution in [2.75, 3.05) is 19.0 Å². The maximum atomic E-state index is 12.1. The summed E-state index contributed by atoms with van der Waals surface area (Å²) >= 11 is 15.3. The molecule has 2 rings (SSSR count). The molecule has 0 saturated carbocycles. The first kappa shape index (κ1) is 18.6. The Labute approximate surface area is 157 Å². The highest BCUT2D eigenvalue weighted by Gasteiger charge is 2.14. The van der Waals surface area contributed by atoms with E-state index in [2.05, 4.69) is 26.6 Å². The van der Waals surface area contributed by atoms with E-state index >= 15 is 0 Å². The molecule has 0 bridgehead atoms. The van der Waals surface area contributed by atoms with Crippen molar-refractivity contribution < 1.29 is 14.3 Å². The number of halogens is 3. The molecule has 0 fully saturated rings. The SMILES string of the molecule is COc1c(Cl)cc(C(=O)NCC(=O)Nc2ccccc2Br)cc1Cl. The minimum Gasteiger partial charge on any atom is -0.494 e. The second-order valence-corrected chi connectivity index (χ2v) is 6.35. The summed E-state index contributed by atoms with van der Waals surface area (Å²) in [6.07, 6.45) is 0. The quantitative estimate of drug-likeness (QED) is 0.747. The fourth-order valence-electron chi connectivity index (χ4n) is 1.91. The maximum Gasteiger partial charge on any atom is 0.251 e. The van der Waals surface area contributed by atoms with Crippen LogP contribution in [0.3, 0.4) is 0 Å². The molecule has 0 aromatic heterocycles. The van der Waals surface area contributed by atoms with Crippen molar-refractivity contribution >= 4 is 56.6 Å². The zero-order valence-corrected chi connectivity index (χ0v) is 15.6. The van der Waals surface area contributed by atoms with Crippen LogP contribution < -0.4 is 15.4 Å². The molecule has 8 heteroatoms. The van der Waals surface area contributed by atoms with Crippen molar-refractivity contribution in [3.63, 3.8) is 0 Å². The fraction of sp³-hybridized carbons (Fsp3) is 0.125. The van der Waals surface area contributed by atoms with Gasteiger partial charge in [0.1, 0.15) is 0 Å². The molecule has 0 aliphatic heterocycles. The Morgan fingerprint density at radius 2 is 1.79 bits per heavy atom. The summed E-state index contributed by atoms with van der Waals surface area (Å²) in [5.41, 5.74) is 0.853. The Morgan fingerprint density at radius 3 is 2.38 bits per heavy atom. The van der Waals surface area contributed by atoms with Crippen LogP contribution in [0.15, 0.2) is 40.9 Å². The number of hydrogen-bond acceptors (Lipinski definition) is 3. The van der Waals surface area contributed by atoms with Crippen molar-refractivity contribution in [2.24, 2.45) is 0 Å². The first-order valence-corrected chi connectivity index (χ1v) is 8.33. The van der Waals surface area contributed by atoms with Crippen LogP contribution in [0.4, 0.5) is 5.69 Å². The predicted molar refractivity (Wildman–Crippen MR) is 98.1 cm³/mol. The summed E-state index contributed by atoms with van der Waals surface area (Å²) in [5, 5.41) is 5.62. The van der Waals surface area contributed by atoms with Crippen LogP contribution >= 0.6 is 39.1 Å². The molecule has 2 aromatic carbocycles. The highest BCUT2D eigenvalue weighted by Crippen LogP contribution is 2.33. The molecule has 2 N–H and O–H groups in total. The van der Waals surface area contributed by atoms with Crippen molar-refractivity contribution in [2.45, 2.75) is 0 Å². The van der Waals surface area contributed by atoms with Gasteiger partial charge in [0, 0.05) is 10.0 Å². The van der Waals surface area contributed by atoms with Crippen LogP contribution in [0.2, 0.25) is 10.0 Å². The standard InChI is InChI=1S/C16H13BrCl2N2O3/c1-24-15-11(18)6-9(7-12(15)19)16(23)20-8-14(22)21-13-5-3-2-4-10(13)17/h2-7H,8H2,1H3,(H,20,23)(H,21,22). The van der Waals surface area contributed by atoms with Crippen LogP contribution in [0.5, 0.6) is 5.75 Å². The van der Waals surface area contributed by atoms with Gasteiger partial charge in [-0.15, -0.1) is 0 Å². The number of anilines is 1. The number of hydrogen-bond donors (Lipinski definition) is 2. The van der Waals surface area contributed by atoms with Crippen molar-refractivity contribution in [3.05, 3.63) is 56.5 Å². The lowest BCUT2D eigenvalue weighted by atomic mass is 10.2. The minimum atomic E-state index is -0.469. The van der Waals surface area contributed by atoms with Gasteiger partial charge < -0.3 is 15.4 Å². The largest absolute Gasteiger partial charge is 0.494 e. The van der Waals surface area contributed by atoms with E-state index in [1.807, 2.05) is 6.07 Å². The van der Waals surface area contributed by atoms with E-state index < -0.39 is 5.91 Å². The van der Waals surface area contributed by atoms with Crippen LogP contribution in [-0.4, -0.2) is 25.5 Å². The molecule has 0 atom stereocenters. The molecule has 24 heavy (non-hydrogen) atoms. The number of benzene rings is 2. The minimum absolute atomic E-state index is 0.193. The van der Waals surface area contributed by atoms with Gasteiger partial charge in [0.2, 0.25) is 5.91 Å². The maximum absolute atomic E-state index is 12.1. The van der Waals surface area contributed by atoms with Gasteiger partial charge in [0.25, 0.3) is 5.91 Å². The van der Waals surface area contributed by atoms with E-state index in [9.17, 15) is 9.59 Å². The lowest BCUT2D eigenvalue weighted by molar-refractivity contribution is -0.115. The molecule has 0 aliphatic carbocycles. The summed E-state index contributed by atoms with van der Waals surface area (Å²) in [6.45, 7) is -0.193. The first-order chi connectivity index (χ1) is 11.4. The Hall–Kier alpha value is -1.76. The van der Waals surface area contributed by atoms with E-state index in [-0.39, 0.29) is 28.1 Å². The van der Waals surface area contributed by atoms with Gasteiger partial charge in [-0.3, -0.25) is 9.59 Å². The third kappa shape index (κ3) is 4.63. The highest BCUT2D eigenvalue weighted by atomic mass is 79.9. The van der Waals surface area contributed by atoms with Crippen LogP contribution in [0.1, 0.15) is 10.4 Å². The molecule has 2 aromatic rings. The number of amides is 2. The normalized spacial score (nSPS) is 10.2. The number of carbonyl (C=O) groups is 2. The smallest absolute Gasteiger partial charge is 0.251 e. The molecule has 0 radical (unpaired) electrons. The number of rotatable bonds is 5. The van der Waals surface area contributed by atoms with Crippen molar-refractivity contribution in [1.82, 2.24) is 5.32 Å². The van der Waals surface area contributed by atoms with Crippen LogP contribution in [-0.2, 0) is 4.79 Å². The van der Waals surface area contributed by atoms with Gasteiger partial charge in [-0.25, -0.2) is 0 Å². The number of para-hydroxylation sites is 1. The Kier molecular flexibility index (Phi) is 6.48. The molecule has 0 heterocycles. The third-order valence-corrected chi connectivity index (χ3v) is 4.28. The molecule has 0 aliphatic rings. The molecule has 0 spiro atoms. The third-order valence-electron chi connectivity index (χ3n) is 3.02. The molecule has 0 saturated heterocycles. The summed E-state index contributed by atoms with van der Waals surface area (Å²) in [5.74, 6) is -0.536. The van der Waals surface area contributed by atoms with Gasteiger partial charge in [0.15, 0.2) is 5.75 Å². The topological polar surface area (TPSA) is 67.4 Å². The number of nitrogens with one attached hydrogen (secondary N) is 2. The predicted octanol–water partition coefficient (Wildman–Crippen LogP) is 4.13. The number of carbonyl (C=O) groups excluding carboxylic acids is 2. The molecular weight excluding hydrogens is 419 g/mol. The summed E-state index contributed by atoms with van der Waals surface area (Å²) in [4.78, 5) is 24.0. The molecular formula is C16H13BrCl2N2O3. The molecule has 0 unspecified atom stereocenters. The zero-order chi connectivity index (χ0) is 17.7. The van der Waals surface area contributed by atoms with Crippen molar-refractivity contribution in [3.8, 4) is 5.75 Å². The Bertz CT molecular complexity index is 761. The average Bonchev–Trinajstić information content (AvgIpc) is 2.54. The molecule has 126 valence electrons. The molecule has 5 nitrogen and oxygen atoms in total. The van der Waals surface area contributed by atoms with E-state index in [0.717, 1.165) is 4.47 Å². The fourth-order valence-corrected chi connectivity index (χ4v) is 2.93. The van der Waals surface area contributed by atoms with Gasteiger partial charge in [0.05, 0.1) is 29.4 Å². The van der Waals surface area contributed by atoms with Gasteiger partial charge in [-0.1, -0.05) is 35.3 Å². The summed E-state index contributed by atoms with van der Waals surface area (Å²) < 4.78 is 5.77. The van der Waals surface area contributed by atoms with Crippen LogP contribution in [0, 0.1) is 0 Å². The van der Waals surface area contributed by atoms with E-state index in [4.69, 9.17) is 27.9 Å². The second kappa shape index (κ2) is 8.37. The van der Waals surface area contributed by atoms with E-state index in [1.165, 1.54) is 19.2 Å². The number of ether oxygens (including phenoxy) is 1. The average molecular weight is 432 g/mol.